The molecule has 2 aliphatic carbocycles. The van der Waals surface area contributed by atoms with Gasteiger partial charge in [-0.1, -0.05) is 0 Å². The molecule has 174 valence electrons. The van der Waals surface area contributed by atoms with Crippen molar-refractivity contribution in [3.63, 3.8) is 0 Å². The summed E-state index contributed by atoms with van der Waals surface area (Å²) in [5.41, 5.74) is 2.32. The van der Waals surface area contributed by atoms with E-state index in [2.05, 4.69) is 33.2 Å². The molecule has 3 fully saturated rings. The molecule has 1 aromatic carbocycles. The number of fused-ring (bicyclic) bond motifs is 4. The topological polar surface area (TPSA) is 95.6 Å². The maximum absolute atomic E-state index is 13.4. The molecule has 3 aromatic heterocycles. The van der Waals surface area contributed by atoms with Crippen molar-refractivity contribution in [1.82, 2.24) is 24.4 Å². The van der Waals surface area contributed by atoms with Gasteiger partial charge in [0.1, 0.15) is 11.4 Å². The van der Waals surface area contributed by atoms with Gasteiger partial charge >= 0.3 is 0 Å². The summed E-state index contributed by atoms with van der Waals surface area (Å²) in [5, 5.41) is 13.1. The molecule has 7 rings (SSSR count). The van der Waals surface area contributed by atoms with Gasteiger partial charge in [-0.05, 0) is 51.2 Å². The summed E-state index contributed by atoms with van der Waals surface area (Å²) in [6, 6.07) is 5.60. The molecule has 34 heavy (non-hydrogen) atoms. The number of ether oxygens (including phenoxy) is 2. The standard InChI is InChI=1S/C25H26N6O3/c1-24-6-7-25(14-24,15-33-24)31-13-16-10-18(21(11-19(16)29-31)34-17-4-2-5-17)23(32)28-20-12-27-30-9-3-8-26-22(20)30/h3,8-13,17H,2,4-7,14-15H2,1H3,(H,28,32)/t24-,25-/m1/s1. The number of carbonyl (C=O) groups excluding carboxylic acids is 1. The van der Waals surface area contributed by atoms with E-state index in [0.717, 1.165) is 49.4 Å². The van der Waals surface area contributed by atoms with Crippen molar-refractivity contribution in [3.8, 4) is 5.75 Å². The summed E-state index contributed by atoms with van der Waals surface area (Å²) in [6.07, 6.45) is 13.5. The predicted molar refractivity (Wildman–Crippen MR) is 125 cm³/mol. The Labute approximate surface area is 196 Å². The van der Waals surface area contributed by atoms with Crippen molar-refractivity contribution in [2.24, 2.45) is 0 Å². The van der Waals surface area contributed by atoms with Crippen LogP contribution in [0.2, 0.25) is 0 Å². The van der Waals surface area contributed by atoms with Gasteiger partial charge in [-0.25, -0.2) is 9.50 Å². The van der Waals surface area contributed by atoms with Gasteiger partial charge in [-0.2, -0.15) is 10.2 Å². The molecule has 2 saturated carbocycles. The Morgan fingerprint density at radius 1 is 1.29 bits per heavy atom. The third-order valence-electron chi connectivity index (χ3n) is 7.72. The van der Waals surface area contributed by atoms with Crippen molar-refractivity contribution in [3.05, 3.63) is 48.5 Å². The maximum atomic E-state index is 13.4. The third kappa shape index (κ3) is 3.03. The first-order valence-corrected chi connectivity index (χ1v) is 11.9. The van der Waals surface area contributed by atoms with Gasteiger partial charge in [0.05, 0.1) is 41.1 Å². The minimum Gasteiger partial charge on any atom is -0.490 e. The molecule has 0 radical (unpaired) electrons. The van der Waals surface area contributed by atoms with E-state index in [0.29, 0.717) is 29.3 Å². The van der Waals surface area contributed by atoms with Crippen molar-refractivity contribution < 1.29 is 14.3 Å². The number of benzene rings is 1. The van der Waals surface area contributed by atoms with Gasteiger partial charge in [0.15, 0.2) is 5.65 Å². The van der Waals surface area contributed by atoms with Crippen LogP contribution in [0.25, 0.3) is 16.6 Å². The van der Waals surface area contributed by atoms with Crippen LogP contribution in [0.3, 0.4) is 0 Å². The van der Waals surface area contributed by atoms with Gasteiger partial charge in [0.2, 0.25) is 0 Å². The molecule has 9 nitrogen and oxygen atoms in total. The quantitative estimate of drug-likeness (QED) is 0.487. The monoisotopic (exact) mass is 458 g/mol. The Morgan fingerprint density at radius 2 is 2.21 bits per heavy atom. The minimum absolute atomic E-state index is 0.0515. The Morgan fingerprint density at radius 3 is 2.94 bits per heavy atom. The summed E-state index contributed by atoms with van der Waals surface area (Å²) >= 11 is 0. The molecule has 1 N–H and O–H groups in total. The molecule has 0 spiro atoms. The molecule has 4 heterocycles. The molecule has 4 aromatic rings. The van der Waals surface area contributed by atoms with E-state index in [4.69, 9.17) is 14.6 Å². The average molecular weight is 459 g/mol. The van der Waals surface area contributed by atoms with Crippen LogP contribution < -0.4 is 10.1 Å². The highest BCUT2D eigenvalue weighted by atomic mass is 16.5. The zero-order valence-corrected chi connectivity index (χ0v) is 19.0. The van der Waals surface area contributed by atoms with Gasteiger partial charge < -0.3 is 14.8 Å². The smallest absolute Gasteiger partial charge is 0.259 e. The summed E-state index contributed by atoms with van der Waals surface area (Å²) < 4.78 is 16.0. The highest BCUT2D eigenvalue weighted by Crippen LogP contribution is 2.51. The lowest BCUT2D eigenvalue weighted by atomic mass is 9.96. The van der Waals surface area contributed by atoms with Crippen LogP contribution in [0.15, 0.2) is 43.0 Å². The Balaban J connectivity index is 1.27. The molecule has 9 heteroatoms. The number of aromatic nitrogens is 5. The van der Waals surface area contributed by atoms with E-state index >= 15 is 0 Å². The molecule has 0 unspecified atom stereocenters. The number of hydrogen-bond donors (Lipinski definition) is 1. The maximum Gasteiger partial charge on any atom is 0.259 e. The fourth-order valence-corrected chi connectivity index (χ4v) is 5.53. The normalized spacial score (nSPS) is 26.3. The number of nitrogens with zero attached hydrogens (tertiary/aromatic N) is 5. The van der Waals surface area contributed by atoms with Crippen molar-refractivity contribution in [2.75, 3.05) is 11.9 Å². The first-order chi connectivity index (χ1) is 16.5. The van der Waals surface area contributed by atoms with Crippen LogP contribution in [0, 0.1) is 0 Å². The largest absolute Gasteiger partial charge is 0.490 e. The van der Waals surface area contributed by atoms with E-state index in [1.54, 1.807) is 29.2 Å². The van der Waals surface area contributed by atoms with E-state index in [1.807, 2.05) is 12.1 Å². The average Bonchev–Trinajstić information content (AvgIpc) is 3.57. The first kappa shape index (κ1) is 20.0. The van der Waals surface area contributed by atoms with Crippen molar-refractivity contribution in [2.45, 2.75) is 62.7 Å². The van der Waals surface area contributed by atoms with Crippen LogP contribution in [-0.4, -0.2) is 48.6 Å². The van der Waals surface area contributed by atoms with E-state index < -0.39 is 0 Å². The zero-order valence-electron chi connectivity index (χ0n) is 19.0. The van der Waals surface area contributed by atoms with E-state index in [-0.39, 0.29) is 23.2 Å². The number of anilines is 1. The molecule has 1 aliphatic heterocycles. The number of hydrogen-bond acceptors (Lipinski definition) is 6. The zero-order chi connectivity index (χ0) is 22.9. The Hall–Kier alpha value is -3.46. The molecule has 1 amide bonds. The Kier molecular flexibility index (Phi) is 4.12. The van der Waals surface area contributed by atoms with E-state index in [9.17, 15) is 4.79 Å². The summed E-state index contributed by atoms with van der Waals surface area (Å²) in [4.78, 5) is 17.8. The van der Waals surface area contributed by atoms with Crippen LogP contribution in [-0.2, 0) is 10.3 Å². The summed E-state index contributed by atoms with van der Waals surface area (Å²) in [5.74, 6) is 0.321. The van der Waals surface area contributed by atoms with Crippen LogP contribution in [0.1, 0.15) is 55.8 Å². The lowest BCUT2D eigenvalue weighted by Crippen LogP contribution is -2.33. The molecular formula is C25H26N6O3. The number of nitrogens with one attached hydrogen (secondary N) is 1. The van der Waals surface area contributed by atoms with Gasteiger partial charge in [0.25, 0.3) is 5.91 Å². The van der Waals surface area contributed by atoms with Gasteiger partial charge in [-0.3, -0.25) is 9.48 Å². The number of carbonyl (C=O) groups is 1. The predicted octanol–water partition coefficient (Wildman–Crippen LogP) is 3.93. The molecule has 2 atom stereocenters. The highest BCUT2D eigenvalue weighted by molar-refractivity contribution is 6.09. The molecule has 2 bridgehead atoms. The Bertz CT molecular complexity index is 1430. The van der Waals surface area contributed by atoms with E-state index in [1.165, 1.54) is 0 Å². The lowest BCUT2D eigenvalue weighted by Gasteiger charge is -2.27. The lowest BCUT2D eigenvalue weighted by molar-refractivity contribution is -0.0149. The second kappa shape index (κ2) is 7.02. The highest BCUT2D eigenvalue weighted by Gasteiger charge is 2.54. The second-order valence-corrected chi connectivity index (χ2v) is 10.2. The second-order valence-electron chi connectivity index (χ2n) is 10.2. The number of rotatable bonds is 5. The fourth-order valence-electron chi connectivity index (χ4n) is 5.53. The summed E-state index contributed by atoms with van der Waals surface area (Å²) in [7, 11) is 0. The fraction of sp³-hybridized carbons (Fsp3) is 0.440. The van der Waals surface area contributed by atoms with Crippen molar-refractivity contribution >= 4 is 28.1 Å². The third-order valence-corrected chi connectivity index (χ3v) is 7.72. The van der Waals surface area contributed by atoms with Crippen LogP contribution in [0.4, 0.5) is 5.69 Å². The van der Waals surface area contributed by atoms with Gasteiger partial charge in [-0.15, -0.1) is 0 Å². The molecule has 3 aliphatic rings. The van der Waals surface area contributed by atoms with Crippen LogP contribution in [0.5, 0.6) is 5.75 Å². The first-order valence-electron chi connectivity index (χ1n) is 11.9. The SMILES string of the molecule is C[C@]12CC[C@](n3cc4cc(C(=O)Nc5cnn6cccnc56)c(OC5CCC5)cc4n3)(CO1)C2. The molecule has 1 saturated heterocycles. The minimum atomic E-state index is -0.250. The van der Waals surface area contributed by atoms with Gasteiger partial charge in [0, 0.05) is 36.5 Å². The van der Waals surface area contributed by atoms with Crippen LogP contribution >= 0.6 is 0 Å². The summed E-state index contributed by atoms with van der Waals surface area (Å²) in [6.45, 7) is 2.87. The van der Waals surface area contributed by atoms with Crippen molar-refractivity contribution in [1.29, 1.82) is 0 Å². The molecular weight excluding hydrogens is 432 g/mol. The number of amides is 1.